The van der Waals surface area contributed by atoms with Gasteiger partial charge in [-0.25, -0.2) is 0 Å². The summed E-state index contributed by atoms with van der Waals surface area (Å²) in [6.07, 6.45) is 7.13. The van der Waals surface area contributed by atoms with E-state index in [1.165, 1.54) is 24.0 Å². The molecule has 0 atom stereocenters. The summed E-state index contributed by atoms with van der Waals surface area (Å²) in [5.41, 5.74) is 4.43. The molecule has 0 aliphatic heterocycles. The largest absolute Gasteiger partial charge is 0.341 e. The zero-order chi connectivity index (χ0) is 21.3. The molecule has 156 valence electrons. The Balaban J connectivity index is 1.78. The smallest absolute Gasteiger partial charge is 0.252 e. The fraction of sp³-hybridized carbons (Fsp3) is 0.538. The number of aromatic nitrogens is 1. The summed E-state index contributed by atoms with van der Waals surface area (Å²) in [6.45, 7) is 13.6. The quantitative estimate of drug-likeness (QED) is 0.639. The zero-order valence-electron chi connectivity index (χ0n) is 18.9. The lowest BCUT2D eigenvalue weighted by Crippen LogP contribution is -2.35. The summed E-state index contributed by atoms with van der Waals surface area (Å²) >= 11 is 0. The summed E-state index contributed by atoms with van der Waals surface area (Å²) in [6, 6.07) is 12.2. The summed E-state index contributed by atoms with van der Waals surface area (Å²) in [4.78, 5) is 17.5. The van der Waals surface area contributed by atoms with Crippen LogP contribution in [0.2, 0.25) is 0 Å². The molecule has 1 heterocycles. The number of pyridine rings is 1. The Morgan fingerprint density at radius 2 is 1.79 bits per heavy atom. The predicted octanol–water partition coefficient (Wildman–Crippen LogP) is 6.17. The molecular formula is C26H36N2O. The molecule has 3 heteroatoms. The van der Waals surface area contributed by atoms with Crippen molar-refractivity contribution in [3.63, 3.8) is 0 Å². The number of nitrogens with zero attached hydrogens (tertiary/aromatic N) is 1. The van der Waals surface area contributed by atoms with Crippen LogP contribution in [-0.4, -0.2) is 10.9 Å². The second-order valence-electron chi connectivity index (χ2n) is 10.8. The van der Waals surface area contributed by atoms with Crippen molar-refractivity contribution in [3.05, 3.63) is 65.0 Å². The van der Waals surface area contributed by atoms with Crippen molar-refractivity contribution in [3.8, 4) is 0 Å². The number of aryl methyl sites for hydroxylation is 1. The molecule has 1 amide bonds. The Hall–Kier alpha value is -2.16. The maximum Gasteiger partial charge on any atom is 0.252 e. The number of rotatable bonds is 6. The highest BCUT2D eigenvalue weighted by Gasteiger charge is 2.47. The topological polar surface area (TPSA) is 42.0 Å². The van der Waals surface area contributed by atoms with Gasteiger partial charge in [0.1, 0.15) is 0 Å². The SMILES string of the molecule is CC(C)(C)CCCc1ccc(C(=O)NC2(c3ccccn3)CC2)cc1C(C)(C)C. The molecule has 0 radical (unpaired) electrons. The van der Waals surface area contributed by atoms with Crippen LogP contribution in [-0.2, 0) is 17.4 Å². The molecule has 0 saturated heterocycles. The first-order valence-electron chi connectivity index (χ1n) is 10.9. The fourth-order valence-corrected chi connectivity index (χ4v) is 3.95. The third-order valence-electron chi connectivity index (χ3n) is 5.81. The molecule has 0 spiro atoms. The van der Waals surface area contributed by atoms with Crippen molar-refractivity contribution in [2.45, 2.75) is 84.6 Å². The lowest BCUT2D eigenvalue weighted by molar-refractivity contribution is 0.0929. The fourth-order valence-electron chi connectivity index (χ4n) is 3.95. The van der Waals surface area contributed by atoms with Gasteiger partial charge in [-0.2, -0.15) is 0 Å². The van der Waals surface area contributed by atoms with E-state index in [1.807, 2.05) is 24.3 Å². The molecule has 0 bridgehead atoms. The van der Waals surface area contributed by atoms with E-state index in [-0.39, 0.29) is 16.9 Å². The molecule has 1 saturated carbocycles. The van der Waals surface area contributed by atoms with E-state index in [1.54, 1.807) is 6.20 Å². The lowest BCUT2D eigenvalue weighted by atomic mass is 9.80. The van der Waals surface area contributed by atoms with Gasteiger partial charge in [-0.1, -0.05) is 53.7 Å². The van der Waals surface area contributed by atoms with E-state index in [0.717, 1.165) is 30.5 Å². The second-order valence-corrected chi connectivity index (χ2v) is 10.8. The first kappa shape index (κ1) is 21.5. The Morgan fingerprint density at radius 3 is 2.34 bits per heavy atom. The van der Waals surface area contributed by atoms with Gasteiger partial charge in [0, 0.05) is 11.8 Å². The minimum absolute atomic E-state index is 0.0000976. The highest BCUT2D eigenvalue weighted by molar-refractivity contribution is 5.95. The van der Waals surface area contributed by atoms with E-state index in [0.29, 0.717) is 5.41 Å². The average Bonchev–Trinajstić information content (AvgIpc) is 3.41. The van der Waals surface area contributed by atoms with Crippen LogP contribution in [0.15, 0.2) is 42.6 Å². The molecule has 3 nitrogen and oxygen atoms in total. The van der Waals surface area contributed by atoms with Crippen molar-refractivity contribution in [2.75, 3.05) is 0 Å². The van der Waals surface area contributed by atoms with Crippen molar-refractivity contribution in [1.82, 2.24) is 10.3 Å². The summed E-state index contributed by atoms with van der Waals surface area (Å²) < 4.78 is 0. The third kappa shape index (κ3) is 5.46. The molecule has 1 aliphatic carbocycles. The van der Waals surface area contributed by atoms with Crippen LogP contribution in [0.1, 0.15) is 94.4 Å². The normalized spacial score (nSPS) is 15.8. The molecule has 29 heavy (non-hydrogen) atoms. The number of nitrogens with one attached hydrogen (secondary N) is 1. The standard InChI is InChI=1S/C26H36N2O/c1-24(2,3)14-9-10-19-12-13-20(18-21(19)25(4,5)6)23(29)28-26(15-16-26)22-11-7-8-17-27-22/h7-8,11-13,17-18H,9-10,14-16H2,1-6H3,(H,28,29). The first-order valence-corrected chi connectivity index (χ1v) is 10.9. The maximum atomic E-state index is 13.1. The molecular weight excluding hydrogens is 356 g/mol. The van der Waals surface area contributed by atoms with Gasteiger partial charge in [-0.15, -0.1) is 0 Å². The summed E-state index contributed by atoms with van der Waals surface area (Å²) in [5.74, 6) is -0.0000976. The molecule has 3 rings (SSSR count). The van der Waals surface area contributed by atoms with Gasteiger partial charge in [0.15, 0.2) is 0 Å². The van der Waals surface area contributed by atoms with Gasteiger partial charge in [0.2, 0.25) is 0 Å². The molecule has 1 aromatic carbocycles. The van der Waals surface area contributed by atoms with Gasteiger partial charge in [0.25, 0.3) is 5.91 Å². The van der Waals surface area contributed by atoms with Crippen LogP contribution >= 0.6 is 0 Å². The molecule has 1 aliphatic rings. The Labute approximate surface area is 176 Å². The van der Waals surface area contributed by atoms with Gasteiger partial charge in [0.05, 0.1) is 11.2 Å². The van der Waals surface area contributed by atoms with E-state index < -0.39 is 0 Å². The van der Waals surface area contributed by atoms with E-state index in [2.05, 4.69) is 64.0 Å². The second kappa shape index (κ2) is 7.93. The Bertz CT molecular complexity index is 853. The van der Waals surface area contributed by atoms with Crippen molar-refractivity contribution >= 4 is 5.91 Å². The molecule has 1 N–H and O–H groups in total. The molecule has 1 fully saturated rings. The third-order valence-corrected chi connectivity index (χ3v) is 5.81. The number of benzene rings is 1. The van der Waals surface area contributed by atoms with Gasteiger partial charge in [-0.05, 0) is 78.3 Å². The highest BCUT2D eigenvalue weighted by Crippen LogP contribution is 2.44. The van der Waals surface area contributed by atoms with Crippen LogP contribution in [0.3, 0.4) is 0 Å². The maximum absolute atomic E-state index is 13.1. The molecule has 0 unspecified atom stereocenters. The van der Waals surface area contributed by atoms with Gasteiger partial charge in [-0.3, -0.25) is 9.78 Å². The minimum atomic E-state index is -0.286. The van der Waals surface area contributed by atoms with Crippen LogP contribution in [0, 0.1) is 5.41 Å². The number of carbonyl (C=O) groups excluding carboxylic acids is 1. The van der Waals surface area contributed by atoms with Gasteiger partial charge >= 0.3 is 0 Å². The Kier molecular flexibility index (Phi) is 5.89. The van der Waals surface area contributed by atoms with Crippen LogP contribution < -0.4 is 5.32 Å². The molecule has 1 aromatic heterocycles. The Morgan fingerprint density at radius 1 is 1.07 bits per heavy atom. The van der Waals surface area contributed by atoms with Crippen molar-refractivity contribution < 1.29 is 4.79 Å². The van der Waals surface area contributed by atoms with Crippen molar-refractivity contribution in [2.24, 2.45) is 5.41 Å². The van der Waals surface area contributed by atoms with E-state index in [4.69, 9.17) is 0 Å². The number of hydrogen-bond acceptors (Lipinski definition) is 2. The van der Waals surface area contributed by atoms with Crippen LogP contribution in [0.4, 0.5) is 0 Å². The van der Waals surface area contributed by atoms with Gasteiger partial charge < -0.3 is 5.32 Å². The minimum Gasteiger partial charge on any atom is -0.341 e. The van der Waals surface area contributed by atoms with Crippen LogP contribution in [0.25, 0.3) is 0 Å². The highest BCUT2D eigenvalue weighted by atomic mass is 16.1. The number of hydrogen-bond donors (Lipinski definition) is 1. The molecule has 2 aromatic rings. The van der Waals surface area contributed by atoms with E-state index >= 15 is 0 Å². The summed E-state index contributed by atoms with van der Waals surface area (Å²) in [7, 11) is 0. The predicted molar refractivity (Wildman–Crippen MR) is 120 cm³/mol. The summed E-state index contributed by atoms with van der Waals surface area (Å²) in [5, 5.41) is 3.26. The lowest BCUT2D eigenvalue weighted by Gasteiger charge is -2.25. The van der Waals surface area contributed by atoms with Crippen molar-refractivity contribution in [1.29, 1.82) is 0 Å². The number of carbonyl (C=O) groups is 1. The van der Waals surface area contributed by atoms with E-state index in [9.17, 15) is 4.79 Å². The number of amides is 1. The first-order chi connectivity index (χ1) is 13.5. The zero-order valence-corrected chi connectivity index (χ0v) is 18.9. The monoisotopic (exact) mass is 392 g/mol. The average molecular weight is 393 g/mol. The van der Waals surface area contributed by atoms with Crippen LogP contribution in [0.5, 0.6) is 0 Å².